The van der Waals surface area contributed by atoms with Gasteiger partial charge in [-0.15, -0.1) is 6.58 Å². The molecule has 0 radical (unpaired) electrons. The highest BCUT2D eigenvalue weighted by Gasteiger charge is 2.13. The quantitative estimate of drug-likeness (QED) is 0.465. The van der Waals surface area contributed by atoms with Gasteiger partial charge in [0.2, 0.25) is 0 Å². The minimum absolute atomic E-state index is 0.0341. The summed E-state index contributed by atoms with van der Waals surface area (Å²) in [6.45, 7) is 8.50. The van der Waals surface area contributed by atoms with Gasteiger partial charge < -0.3 is 10.1 Å². The molecular weight excluding hydrogens is 214 g/mol. The highest BCUT2D eigenvalue weighted by atomic mass is 16.5. The van der Waals surface area contributed by atoms with Crippen LogP contribution < -0.4 is 10.1 Å². The molecule has 0 heterocycles. The van der Waals surface area contributed by atoms with E-state index in [1.54, 1.807) is 13.2 Å². The number of hydrogen-bond acceptors (Lipinski definition) is 3. The molecule has 0 fully saturated rings. The van der Waals surface area contributed by atoms with E-state index in [2.05, 4.69) is 11.9 Å². The molecule has 0 spiro atoms. The molecular formula is C14H19NO2. The van der Waals surface area contributed by atoms with Crippen LogP contribution in [0.5, 0.6) is 5.75 Å². The predicted octanol–water partition coefficient (Wildman–Crippen LogP) is 2.27. The lowest BCUT2D eigenvalue weighted by atomic mass is 10.0. The van der Waals surface area contributed by atoms with Crippen LogP contribution in [0.1, 0.15) is 21.5 Å². The van der Waals surface area contributed by atoms with Crippen LogP contribution in [0, 0.1) is 13.8 Å². The zero-order valence-electron chi connectivity index (χ0n) is 10.7. The molecule has 1 aromatic carbocycles. The van der Waals surface area contributed by atoms with Crippen LogP contribution >= 0.6 is 0 Å². The first-order valence-corrected chi connectivity index (χ1v) is 5.60. The number of carbonyl (C=O) groups is 1. The van der Waals surface area contributed by atoms with Crippen LogP contribution in [0.2, 0.25) is 0 Å². The number of nitrogens with one attached hydrogen (secondary N) is 1. The highest BCUT2D eigenvalue weighted by Crippen LogP contribution is 2.23. The molecule has 3 heteroatoms. The van der Waals surface area contributed by atoms with Gasteiger partial charge in [0, 0.05) is 6.54 Å². The normalized spacial score (nSPS) is 10.1. The predicted molar refractivity (Wildman–Crippen MR) is 69.9 cm³/mol. The summed E-state index contributed by atoms with van der Waals surface area (Å²) in [5.74, 6) is 0.672. The third kappa shape index (κ3) is 3.43. The number of carbonyl (C=O) groups excluding carboxylic acids is 1. The Morgan fingerprint density at radius 3 is 2.65 bits per heavy atom. The molecule has 1 aromatic rings. The van der Waals surface area contributed by atoms with E-state index in [4.69, 9.17) is 4.74 Å². The summed E-state index contributed by atoms with van der Waals surface area (Å²) in [6.07, 6.45) is 1.73. The zero-order chi connectivity index (χ0) is 12.8. The van der Waals surface area contributed by atoms with Crippen LogP contribution in [0.25, 0.3) is 0 Å². The van der Waals surface area contributed by atoms with E-state index in [0.29, 0.717) is 24.4 Å². The number of rotatable bonds is 6. The smallest absolute Gasteiger partial charge is 0.180 e. The maximum atomic E-state index is 12.0. The van der Waals surface area contributed by atoms with Crippen LogP contribution in [-0.4, -0.2) is 26.0 Å². The second-order valence-electron chi connectivity index (χ2n) is 3.98. The van der Waals surface area contributed by atoms with E-state index < -0.39 is 0 Å². The van der Waals surface area contributed by atoms with E-state index in [9.17, 15) is 4.79 Å². The summed E-state index contributed by atoms with van der Waals surface area (Å²) >= 11 is 0. The van der Waals surface area contributed by atoms with Gasteiger partial charge in [-0.05, 0) is 37.1 Å². The van der Waals surface area contributed by atoms with Gasteiger partial charge in [0.05, 0.1) is 19.2 Å². The summed E-state index contributed by atoms with van der Waals surface area (Å²) in [5.41, 5.74) is 2.85. The molecule has 1 N–H and O–H groups in total. The lowest BCUT2D eigenvalue weighted by Crippen LogP contribution is -2.23. The summed E-state index contributed by atoms with van der Waals surface area (Å²) in [7, 11) is 1.58. The van der Waals surface area contributed by atoms with Crippen molar-refractivity contribution in [1.29, 1.82) is 0 Å². The molecule has 3 nitrogen and oxygen atoms in total. The molecule has 17 heavy (non-hydrogen) atoms. The molecule has 0 aliphatic carbocycles. The number of Topliss-reactive ketones (excluding diaryl/α,β-unsaturated/α-hetero) is 1. The van der Waals surface area contributed by atoms with Gasteiger partial charge in [-0.3, -0.25) is 4.79 Å². The van der Waals surface area contributed by atoms with Gasteiger partial charge in [0.25, 0.3) is 0 Å². The van der Waals surface area contributed by atoms with Gasteiger partial charge >= 0.3 is 0 Å². The van der Waals surface area contributed by atoms with Crippen LogP contribution in [-0.2, 0) is 0 Å². The second-order valence-corrected chi connectivity index (χ2v) is 3.98. The number of hydrogen-bond donors (Lipinski definition) is 1. The van der Waals surface area contributed by atoms with Crippen molar-refractivity contribution in [2.75, 3.05) is 20.2 Å². The van der Waals surface area contributed by atoms with Crippen molar-refractivity contribution in [3.8, 4) is 5.75 Å². The highest BCUT2D eigenvalue weighted by molar-refractivity contribution is 6.00. The van der Waals surface area contributed by atoms with Gasteiger partial charge in [-0.1, -0.05) is 6.08 Å². The van der Waals surface area contributed by atoms with Crippen molar-refractivity contribution in [2.45, 2.75) is 13.8 Å². The molecule has 0 saturated carbocycles. The van der Waals surface area contributed by atoms with E-state index in [1.807, 2.05) is 26.0 Å². The topological polar surface area (TPSA) is 38.3 Å². The molecule has 0 aliphatic rings. The molecule has 0 atom stereocenters. The minimum Gasteiger partial charge on any atom is -0.496 e. The average molecular weight is 233 g/mol. The van der Waals surface area contributed by atoms with Crippen LogP contribution in [0.15, 0.2) is 24.8 Å². The fourth-order valence-corrected chi connectivity index (χ4v) is 1.56. The second kappa shape index (κ2) is 6.21. The number of ketones is 1. The van der Waals surface area contributed by atoms with Gasteiger partial charge in [0.1, 0.15) is 5.75 Å². The maximum absolute atomic E-state index is 12.0. The summed E-state index contributed by atoms with van der Waals surface area (Å²) in [5, 5.41) is 3.00. The molecule has 0 amide bonds. The largest absolute Gasteiger partial charge is 0.496 e. The zero-order valence-corrected chi connectivity index (χ0v) is 10.7. The monoisotopic (exact) mass is 233 g/mol. The molecule has 0 aliphatic heterocycles. The molecule has 0 unspecified atom stereocenters. The Kier molecular flexibility index (Phi) is 4.91. The van der Waals surface area contributed by atoms with Crippen LogP contribution in [0.3, 0.4) is 0 Å². The Morgan fingerprint density at radius 1 is 1.41 bits per heavy atom. The van der Waals surface area contributed by atoms with Gasteiger partial charge in [0.15, 0.2) is 5.78 Å². The molecule has 0 bridgehead atoms. The van der Waals surface area contributed by atoms with Gasteiger partial charge in [-0.25, -0.2) is 0 Å². The number of benzene rings is 1. The van der Waals surface area contributed by atoms with Crippen molar-refractivity contribution in [3.63, 3.8) is 0 Å². The van der Waals surface area contributed by atoms with E-state index >= 15 is 0 Å². The van der Waals surface area contributed by atoms with Crippen molar-refractivity contribution < 1.29 is 9.53 Å². The Labute approximate surface area is 102 Å². The maximum Gasteiger partial charge on any atom is 0.180 e. The van der Waals surface area contributed by atoms with Crippen molar-refractivity contribution >= 4 is 5.78 Å². The van der Waals surface area contributed by atoms with Crippen molar-refractivity contribution in [2.24, 2.45) is 0 Å². The lowest BCUT2D eigenvalue weighted by molar-refractivity contribution is 0.0989. The number of ether oxygens (including phenoxy) is 1. The summed E-state index contributed by atoms with van der Waals surface area (Å²) in [4.78, 5) is 12.0. The molecule has 92 valence electrons. The van der Waals surface area contributed by atoms with Gasteiger partial charge in [-0.2, -0.15) is 0 Å². The molecule has 0 aromatic heterocycles. The standard InChI is InChI=1S/C14H19NO2/c1-5-6-15-9-13(16)12-7-10(2)11(3)8-14(12)17-4/h5,7-8,15H,1,6,9H2,2-4H3. The first kappa shape index (κ1) is 13.5. The minimum atomic E-state index is 0.0341. The fourth-order valence-electron chi connectivity index (χ4n) is 1.56. The lowest BCUT2D eigenvalue weighted by Gasteiger charge is -2.11. The number of aryl methyl sites for hydroxylation is 2. The van der Waals surface area contributed by atoms with Crippen molar-refractivity contribution in [3.05, 3.63) is 41.5 Å². The summed E-state index contributed by atoms with van der Waals surface area (Å²) < 4.78 is 5.24. The first-order chi connectivity index (χ1) is 8.10. The van der Waals surface area contributed by atoms with Crippen LogP contribution in [0.4, 0.5) is 0 Å². The number of methoxy groups -OCH3 is 1. The van der Waals surface area contributed by atoms with Crippen molar-refractivity contribution in [1.82, 2.24) is 5.32 Å². The fraction of sp³-hybridized carbons (Fsp3) is 0.357. The van der Waals surface area contributed by atoms with E-state index in [-0.39, 0.29) is 5.78 Å². The third-order valence-electron chi connectivity index (χ3n) is 2.69. The average Bonchev–Trinajstić information content (AvgIpc) is 2.32. The molecule has 0 saturated heterocycles. The SMILES string of the molecule is C=CCNCC(=O)c1cc(C)c(C)cc1OC. The van der Waals surface area contributed by atoms with E-state index in [1.165, 1.54) is 0 Å². The Balaban J connectivity index is 2.91. The third-order valence-corrected chi connectivity index (χ3v) is 2.69. The first-order valence-electron chi connectivity index (χ1n) is 5.60. The van der Waals surface area contributed by atoms with E-state index in [0.717, 1.165) is 11.1 Å². The molecule has 1 rings (SSSR count). The summed E-state index contributed by atoms with van der Waals surface area (Å²) in [6, 6.07) is 3.78. The Hall–Kier alpha value is -1.61. The Morgan fingerprint density at radius 2 is 2.06 bits per heavy atom. The Bertz CT molecular complexity index is 424.